The van der Waals surface area contributed by atoms with Crippen molar-refractivity contribution in [1.29, 1.82) is 0 Å². The predicted octanol–water partition coefficient (Wildman–Crippen LogP) is 1.55. The highest BCUT2D eigenvalue weighted by atomic mass is 16.6. The van der Waals surface area contributed by atoms with Gasteiger partial charge >= 0.3 is 0 Å². The Kier molecular flexibility index (Phi) is 7.53. The Labute approximate surface area is 125 Å². The van der Waals surface area contributed by atoms with E-state index in [2.05, 4.69) is 0 Å². The summed E-state index contributed by atoms with van der Waals surface area (Å²) in [6.07, 6.45) is 1.83. The number of fused-ring (bicyclic) bond motifs is 1. The van der Waals surface area contributed by atoms with Crippen molar-refractivity contribution in [2.45, 2.75) is 19.4 Å². The van der Waals surface area contributed by atoms with Crippen molar-refractivity contribution in [2.24, 2.45) is 0 Å². The second kappa shape index (κ2) is 9.73. The Hall–Kier alpha value is -1.14. The summed E-state index contributed by atoms with van der Waals surface area (Å²) < 4.78 is 22.1. The molecule has 5 nitrogen and oxygen atoms in total. The summed E-state index contributed by atoms with van der Waals surface area (Å²) >= 11 is 0. The minimum absolute atomic E-state index is 0.0214. The van der Waals surface area contributed by atoms with Gasteiger partial charge < -0.3 is 24.1 Å². The van der Waals surface area contributed by atoms with Crippen LogP contribution in [-0.2, 0) is 27.2 Å². The van der Waals surface area contributed by atoms with Gasteiger partial charge in [-0.15, -0.1) is 0 Å². The fourth-order valence-electron chi connectivity index (χ4n) is 2.16. The van der Waals surface area contributed by atoms with E-state index in [-0.39, 0.29) is 6.61 Å². The van der Waals surface area contributed by atoms with Crippen LogP contribution in [-0.4, -0.2) is 51.4 Å². The van der Waals surface area contributed by atoms with E-state index in [1.54, 1.807) is 0 Å². The molecule has 0 aliphatic carbocycles. The molecule has 0 saturated carbocycles. The lowest BCUT2D eigenvalue weighted by Crippen LogP contribution is -2.12. The molecule has 0 saturated heterocycles. The molecule has 0 radical (unpaired) electrons. The van der Waals surface area contributed by atoms with Gasteiger partial charge in [0.15, 0.2) is 0 Å². The van der Waals surface area contributed by atoms with Gasteiger partial charge in [0.05, 0.1) is 39.6 Å². The van der Waals surface area contributed by atoms with Crippen LogP contribution in [0.5, 0.6) is 5.75 Å². The van der Waals surface area contributed by atoms with Gasteiger partial charge in [-0.1, -0.05) is 12.1 Å². The maximum atomic E-state index is 9.23. The molecular formula is C16H24O5. The number of benzene rings is 1. The van der Waals surface area contributed by atoms with E-state index in [0.29, 0.717) is 46.2 Å². The van der Waals surface area contributed by atoms with E-state index in [9.17, 15) is 5.11 Å². The van der Waals surface area contributed by atoms with Crippen LogP contribution in [0.2, 0.25) is 0 Å². The molecule has 1 aromatic carbocycles. The van der Waals surface area contributed by atoms with Crippen molar-refractivity contribution >= 4 is 0 Å². The smallest absolute Gasteiger partial charge is 0.122 e. The van der Waals surface area contributed by atoms with Crippen LogP contribution in [0, 0.1) is 0 Å². The van der Waals surface area contributed by atoms with E-state index in [0.717, 1.165) is 29.7 Å². The first-order valence-electron chi connectivity index (χ1n) is 7.49. The second-order valence-electron chi connectivity index (χ2n) is 4.89. The Morgan fingerprint density at radius 2 is 1.52 bits per heavy atom. The molecule has 1 aliphatic rings. The van der Waals surface area contributed by atoms with Gasteiger partial charge in [-0.3, -0.25) is 0 Å². The van der Waals surface area contributed by atoms with Crippen molar-refractivity contribution in [3.05, 3.63) is 29.3 Å². The van der Waals surface area contributed by atoms with E-state index in [1.807, 2.05) is 18.2 Å². The van der Waals surface area contributed by atoms with Crippen LogP contribution < -0.4 is 4.74 Å². The highest BCUT2D eigenvalue weighted by Gasteiger charge is 2.06. The number of hydrogen-bond acceptors (Lipinski definition) is 5. The summed E-state index contributed by atoms with van der Waals surface area (Å²) in [6, 6.07) is 5.85. The fraction of sp³-hybridized carbons (Fsp3) is 0.625. The van der Waals surface area contributed by atoms with Crippen LogP contribution in [0.1, 0.15) is 17.5 Å². The van der Waals surface area contributed by atoms with Gasteiger partial charge in [-0.25, -0.2) is 0 Å². The molecule has 0 amide bonds. The maximum Gasteiger partial charge on any atom is 0.122 e. The van der Waals surface area contributed by atoms with Gasteiger partial charge in [0.25, 0.3) is 0 Å². The first-order chi connectivity index (χ1) is 10.4. The number of aryl methyl sites for hydroxylation is 1. The number of ether oxygens (including phenoxy) is 4. The van der Waals surface area contributed by atoms with Crippen molar-refractivity contribution in [3.8, 4) is 5.75 Å². The molecule has 1 aliphatic heterocycles. The Bertz CT molecular complexity index is 408. The first kappa shape index (κ1) is 16.2. The lowest BCUT2D eigenvalue weighted by molar-refractivity contribution is 0.00977. The van der Waals surface area contributed by atoms with Gasteiger partial charge in [-0.2, -0.15) is 0 Å². The molecule has 1 heterocycles. The monoisotopic (exact) mass is 296 g/mol. The SMILES string of the molecule is OCc1ccc2c(c1)OCCOCCOCCOCCC2. The zero-order valence-electron chi connectivity index (χ0n) is 12.4. The van der Waals surface area contributed by atoms with Crippen molar-refractivity contribution < 1.29 is 24.1 Å². The number of aliphatic hydroxyl groups is 1. The summed E-state index contributed by atoms with van der Waals surface area (Å²) in [7, 11) is 0. The Morgan fingerprint density at radius 1 is 0.857 bits per heavy atom. The molecule has 2 rings (SSSR count). The summed E-state index contributed by atoms with van der Waals surface area (Å²) in [5.41, 5.74) is 2.00. The van der Waals surface area contributed by atoms with E-state index in [4.69, 9.17) is 18.9 Å². The molecule has 1 N–H and O–H groups in total. The topological polar surface area (TPSA) is 57.2 Å². The largest absolute Gasteiger partial charge is 0.491 e. The summed E-state index contributed by atoms with van der Waals surface area (Å²) in [6.45, 7) is 4.13. The average Bonchev–Trinajstić information content (AvgIpc) is 2.52. The average molecular weight is 296 g/mol. The quantitative estimate of drug-likeness (QED) is 0.852. The fourth-order valence-corrected chi connectivity index (χ4v) is 2.16. The highest BCUT2D eigenvalue weighted by molar-refractivity contribution is 5.37. The minimum Gasteiger partial charge on any atom is -0.491 e. The number of aliphatic hydroxyl groups excluding tert-OH is 1. The zero-order valence-corrected chi connectivity index (χ0v) is 12.4. The lowest BCUT2D eigenvalue weighted by Gasteiger charge is -2.13. The molecule has 118 valence electrons. The van der Waals surface area contributed by atoms with Crippen molar-refractivity contribution in [3.63, 3.8) is 0 Å². The van der Waals surface area contributed by atoms with Crippen LogP contribution in [0.3, 0.4) is 0 Å². The van der Waals surface area contributed by atoms with Gasteiger partial charge in [0.1, 0.15) is 12.4 Å². The molecule has 0 bridgehead atoms. The van der Waals surface area contributed by atoms with Gasteiger partial charge in [0, 0.05) is 6.61 Å². The van der Waals surface area contributed by atoms with Crippen LogP contribution in [0.15, 0.2) is 18.2 Å². The number of rotatable bonds is 1. The standard InChI is InChI=1S/C16H24O5/c17-13-14-3-4-15-2-1-5-18-6-7-19-8-9-20-10-11-21-16(15)12-14/h3-4,12,17H,1-2,5-11,13H2. The summed E-state index contributed by atoms with van der Waals surface area (Å²) in [5, 5.41) is 9.23. The summed E-state index contributed by atoms with van der Waals surface area (Å²) in [5.74, 6) is 0.830. The van der Waals surface area contributed by atoms with Crippen molar-refractivity contribution in [1.82, 2.24) is 0 Å². The molecule has 0 unspecified atom stereocenters. The van der Waals surface area contributed by atoms with E-state index >= 15 is 0 Å². The lowest BCUT2D eigenvalue weighted by atomic mass is 10.1. The molecule has 21 heavy (non-hydrogen) atoms. The minimum atomic E-state index is 0.0214. The van der Waals surface area contributed by atoms with Crippen LogP contribution in [0.4, 0.5) is 0 Å². The summed E-state index contributed by atoms with van der Waals surface area (Å²) in [4.78, 5) is 0. The Morgan fingerprint density at radius 3 is 2.24 bits per heavy atom. The van der Waals surface area contributed by atoms with Gasteiger partial charge in [0.2, 0.25) is 0 Å². The third-order valence-corrected chi connectivity index (χ3v) is 3.28. The molecule has 0 aromatic heterocycles. The first-order valence-corrected chi connectivity index (χ1v) is 7.49. The molecule has 0 spiro atoms. The zero-order chi connectivity index (χ0) is 14.8. The highest BCUT2D eigenvalue weighted by Crippen LogP contribution is 2.22. The number of hydrogen-bond donors (Lipinski definition) is 1. The van der Waals surface area contributed by atoms with Gasteiger partial charge in [-0.05, 0) is 30.0 Å². The third kappa shape index (κ3) is 6.01. The van der Waals surface area contributed by atoms with Crippen LogP contribution >= 0.6 is 0 Å². The molecule has 0 fully saturated rings. The second-order valence-corrected chi connectivity index (χ2v) is 4.89. The normalized spacial score (nSPS) is 18.9. The van der Waals surface area contributed by atoms with Crippen molar-refractivity contribution in [2.75, 3.05) is 46.2 Å². The van der Waals surface area contributed by atoms with E-state index in [1.165, 1.54) is 0 Å². The molecule has 5 heteroatoms. The van der Waals surface area contributed by atoms with Crippen LogP contribution in [0.25, 0.3) is 0 Å². The molecule has 1 aromatic rings. The molecule has 0 atom stereocenters. The Balaban J connectivity index is 1.96. The van der Waals surface area contributed by atoms with E-state index < -0.39 is 0 Å². The third-order valence-electron chi connectivity index (χ3n) is 3.28. The maximum absolute atomic E-state index is 9.23. The predicted molar refractivity (Wildman–Crippen MR) is 78.6 cm³/mol. The molecular weight excluding hydrogens is 272 g/mol.